The maximum atomic E-state index is 12.2. The van der Waals surface area contributed by atoms with Crippen molar-refractivity contribution in [1.29, 1.82) is 0 Å². The first-order valence-corrected chi connectivity index (χ1v) is 6.92. The summed E-state index contributed by atoms with van der Waals surface area (Å²) in [5, 5.41) is 15.7. The van der Waals surface area contributed by atoms with Crippen molar-refractivity contribution in [2.45, 2.75) is 26.3 Å². The third-order valence-corrected chi connectivity index (χ3v) is 3.76. The van der Waals surface area contributed by atoms with Gasteiger partial charge in [-0.15, -0.1) is 11.3 Å². The van der Waals surface area contributed by atoms with Crippen LogP contribution in [0, 0.1) is 5.92 Å². The maximum absolute atomic E-state index is 12.2. The number of thiophene rings is 1. The summed E-state index contributed by atoms with van der Waals surface area (Å²) in [7, 11) is 0. The molecule has 0 aliphatic heterocycles. The molecule has 0 fully saturated rings. The summed E-state index contributed by atoms with van der Waals surface area (Å²) in [6, 6.07) is -0.195. The number of aromatic carboxylic acids is 1. The molecule has 0 spiro atoms. The molecule has 0 aliphatic rings. The number of nitrogens with two attached hydrogens (primary N) is 1. The molecule has 110 valence electrons. The predicted octanol–water partition coefficient (Wildman–Crippen LogP) is 1.47. The Labute approximate surface area is 120 Å². The van der Waals surface area contributed by atoms with Gasteiger partial charge in [0.05, 0.1) is 5.56 Å². The van der Waals surface area contributed by atoms with Crippen molar-refractivity contribution in [3.05, 3.63) is 17.0 Å². The van der Waals surface area contributed by atoms with Gasteiger partial charge < -0.3 is 21.5 Å². The summed E-state index contributed by atoms with van der Waals surface area (Å²) in [6.45, 7) is 3.67. The summed E-state index contributed by atoms with van der Waals surface area (Å²) < 4.78 is 0. The van der Waals surface area contributed by atoms with Crippen molar-refractivity contribution in [2.24, 2.45) is 11.7 Å². The summed E-state index contributed by atoms with van der Waals surface area (Å²) >= 11 is 1.11. The first-order chi connectivity index (χ1) is 9.36. The van der Waals surface area contributed by atoms with Gasteiger partial charge in [-0.3, -0.25) is 4.79 Å². The van der Waals surface area contributed by atoms with Gasteiger partial charge in [0, 0.05) is 0 Å². The molecular formula is C12H17N3O4S. The lowest BCUT2D eigenvalue weighted by molar-refractivity contribution is -0.119. The van der Waals surface area contributed by atoms with Crippen molar-refractivity contribution in [3.8, 4) is 0 Å². The molecule has 5 N–H and O–H groups in total. The lowest BCUT2D eigenvalue weighted by Gasteiger charge is -2.22. The normalized spacial score (nSPS) is 13.3. The van der Waals surface area contributed by atoms with Gasteiger partial charge in [0.25, 0.3) is 0 Å². The van der Waals surface area contributed by atoms with Crippen LogP contribution in [-0.4, -0.2) is 29.1 Å². The maximum Gasteiger partial charge on any atom is 0.338 e. The zero-order valence-electron chi connectivity index (χ0n) is 11.2. The Morgan fingerprint density at radius 1 is 1.45 bits per heavy atom. The van der Waals surface area contributed by atoms with E-state index in [9.17, 15) is 14.4 Å². The first kappa shape index (κ1) is 16.0. The molecule has 0 aliphatic carbocycles. The Morgan fingerprint density at radius 2 is 2.10 bits per heavy atom. The third-order valence-electron chi connectivity index (χ3n) is 2.93. The third kappa shape index (κ3) is 3.95. The minimum Gasteiger partial charge on any atom is -0.478 e. The minimum absolute atomic E-state index is 0.0188. The molecule has 0 aromatic carbocycles. The monoisotopic (exact) mass is 299 g/mol. The van der Waals surface area contributed by atoms with Crippen molar-refractivity contribution >= 4 is 34.2 Å². The number of nitrogens with one attached hydrogen (secondary N) is 2. The van der Waals surface area contributed by atoms with Crippen molar-refractivity contribution < 1.29 is 19.5 Å². The topological polar surface area (TPSA) is 122 Å². The number of rotatable bonds is 6. The zero-order chi connectivity index (χ0) is 15.3. The Bertz CT molecular complexity index is 515. The summed E-state index contributed by atoms with van der Waals surface area (Å²) in [4.78, 5) is 34.1. The quantitative estimate of drug-likeness (QED) is 0.635. The van der Waals surface area contributed by atoms with Gasteiger partial charge in [-0.25, -0.2) is 9.59 Å². The number of primary amides is 1. The van der Waals surface area contributed by atoms with Gasteiger partial charge >= 0.3 is 12.0 Å². The van der Waals surface area contributed by atoms with Crippen LogP contribution in [0.4, 0.5) is 9.80 Å². The Hall–Kier alpha value is -2.09. The second-order valence-corrected chi connectivity index (χ2v) is 5.25. The smallest absolute Gasteiger partial charge is 0.338 e. The predicted molar refractivity (Wildman–Crippen MR) is 75.9 cm³/mol. The number of carbonyl (C=O) groups excluding carboxylic acids is 2. The van der Waals surface area contributed by atoms with Gasteiger partial charge in [0.15, 0.2) is 0 Å². The zero-order valence-corrected chi connectivity index (χ0v) is 12.0. The number of carboxylic acids is 1. The van der Waals surface area contributed by atoms with E-state index in [-0.39, 0.29) is 16.5 Å². The van der Waals surface area contributed by atoms with E-state index in [1.165, 1.54) is 6.07 Å². The summed E-state index contributed by atoms with van der Waals surface area (Å²) in [6.07, 6.45) is 0.661. The minimum atomic E-state index is -1.12. The van der Waals surface area contributed by atoms with E-state index in [1.54, 1.807) is 12.3 Å². The first-order valence-electron chi connectivity index (χ1n) is 6.04. The lowest BCUT2D eigenvalue weighted by atomic mass is 9.98. The van der Waals surface area contributed by atoms with Crippen LogP contribution in [0.25, 0.3) is 0 Å². The number of amides is 3. The molecule has 1 rings (SSSR count). The van der Waals surface area contributed by atoms with Crippen LogP contribution in [0.3, 0.4) is 0 Å². The van der Waals surface area contributed by atoms with Crippen molar-refractivity contribution in [3.63, 3.8) is 0 Å². The second kappa shape index (κ2) is 6.90. The molecule has 20 heavy (non-hydrogen) atoms. The van der Waals surface area contributed by atoms with Gasteiger partial charge in [-0.1, -0.05) is 20.3 Å². The van der Waals surface area contributed by atoms with Crippen LogP contribution in [0.1, 0.15) is 30.6 Å². The van der Waals surface area contributed by atoms with E-state index in [0.29, 0.717) is 6.42 Å². The fourth-order valence-corrected chi connectivity index (χ4v) is 2.40. The molecule has 3 amide bonds. The highest BCUT2D eigenvalue weighted by Crippen LogP contribution is 2.24. The molecule has 0 radical (unpaired) electrons. The van der Waals surface area contributed by atoms with Gasteiger partial charge in [0.1, 0.15) is 11.0 Å². The number of urea groups is 1. The van der Waals surface area contributed by atoms with E-state index < -0.39 is 23.9 Å². The number of carboxylic acid groups (broad SMARTS) is 1. The van der Waals surface area contributed by atoms with Crippen LogP contribution in [0.5, 0.6) is 0 Å². The Morgan fingerprint density at radius 3 is 2.60 bits per heavy atom. The van der Waals surface area contributed by atoms with Gasteiger partial charge in [0.2, 0.25) is 5.91 Å². The molecule has 0 saturated carbocycles. The molecule has 2 atom stereocenters. The lowest BCUT2D eigenvalue weighted by Crippen LogP contribution is -2.49. The van der Waals surface area contributed by atoms with Crippen molar-refractivity contribution in [1.82, 2.24) is 5.32 Å². The van der Waals surface area contributed by atoms with E-state index in [4.69, 9.17) is 10.8 Å². The van der Waals surface area contributed by atoms with Crippen LogP contribution in [0.15, 0.2) is 11.4 Å². The molecule has 1 aromatic heterocycles. The Balaban J connectivity index is 2.87. The molecule has 7 nitrogen and oxygen atoms in total. The fourth-order valence-electron chi connectivity index (χ4n) is 1.62. The van der Waals surface area contributed by atoms with Crippen molar-refractivity contribution in [2.75, 3.05) is 5.32 Å². The van der Waals surface area contributed by atoms with Crippen LogP contribution >= 0.6 is 11.3 Å². The summed E-state index contributed by atoms with van der Waals surface area (Å²) in [5.74, 6) is -1.73. The highest BCUT2D eigenvalue weighted by atomic mass is 32.1. The highest BCUT2D eigenvalue weighted by molar-refractivity contribution is 7.14. The number of hydrogen-bond donors (Lipinski definition) is 4. The number of anilines is 1. The molecule has 0 bridgehead atoms. The highest BCUT2D eigenvalue weighted by Gasteiger charge is 2.26. The summed E-state index contributed by atoms with van der Waals surface area (Å²) in [5.41, 5.74) is 5.07. The van der Waals surface area contributed by atoms with Gasteiger partial charge in [-0.05, 0) is 17.4 Å². The average Bonchev–Trinajstić information content (AvgIpc) is 2.82. The SMILES string of the molecule is CCC(C)C(NC(N)=O)C(=O)Nc1sccc1C(=O)O. The largest absolute Gasteiger partial charge is 0.478 e. The van der Waals surface area contributed by atoms with E-state index in [2.05, 4.69) is 10.6 Å². The second-order valence-electron chi connectivity index (χ2n) is 4.33. The van der Waals surface area contributed by atoms with Crippen LogP contribution < -0.4 is 16.4 Å². The molecule has 2 unspecified atom stereocenters. The van der Waals surface area contributed by atoms with Gasteiger partial charge in [-0.2, -0.15) is 0 Å². The molecule has 8 heteroatoms. The van der Waals surface area contributed by atoms with Crippen LogP contribution in [0.2, 0.25) is 0 Å². The molecule has 1 heterocycles. The molecule has 0 saturated heterocycles. The van der Waals surface area contributed by atoms with E-state index in [0.717, 1.165) is 11.3 Å². The number of carbonyl (C=O) groups is 3. The number of hydrogen-bond acceptors (Lipinski definition) is 4. The van der Waals surface area contributed by atoms with Crippen LogP contribution in [-0.2, 0) is 4.79 Å². The standard InChI is InChI=1S/C12H17N3O4S/c1-3-6(2)8(14-12(13)19)9(16)15-10-7(11(17)18)4-5-20-10/h4-6,8H,3H2,1-2H3,(H,15,16)(H,17,18)(H3,13,14,19). The van der Waals surface area contributed by atoms with E-state index >= 15 is 0 Å². The average molecular weight is 299 g/mol. The Kier molecular flexibility index (Phi) is 5.51. The fraction of sp³-hybridized carbons (Fsp3) is 0.417. The van der Waals surface area contributed by atoms with E-state index in [1.807, 2.05) is 6.92 Å². The molecular weight excluding hydrogens is 282 g/mol. The molecule has 1 aromatic rings.